The molecule has 1 saturated heterocycles. The molecule has 1 aliphatic rings. The van der Waals surface area contributed by atoms with Gasteiger partial charge in [0.2, 0.25) is 0 Å². The maximum Gasteiger partial charge on any atom is 0.334 e. The van der Waals surface area contributed by atoms with Gasteiger partial charge in [-0.2, -0.15) is 8.42 Å². The second kappa shape index (κ2) is 7.06. The molecule has 1 fully saturated rings. The van der Waals surface area contributed by atoms with Crippen LogP contribution in [-0.2, 0) is 29.3 Å². The van der Waals surface area contributed by atoms with E-state index < -0.39 is 39.6 Å². The predicted molar refractivity (Wildman–Crippen MR) is 77.5 cm³/mol. The highest BCUT2D eigenvalue weighted by Gasteiger charge is 2.48. The number of thioether (sulfide) groups is 1. The van der Waals surface area contributed by atoms with Crippen LogP contribution in [0.3, 0.4) is 0 Å². The molecular weight excluding hydrogens is 348 g/mol. The van der Waals surface area contributed by atoms with E-state index in [1.165, 1.54) is 11.8 Å². The van der Waals surface area contributed by atoms with Crippen LogP contribution in [0.1, 0.15) is 12.8 Å². The number of rotatable bonds is 6. The number of nitrogens with zero attached hydrogens (tertiary/aromatic N) is 2. The molecule has 0 saturated carbocycles. The monoisotopic (exact) mass is 360 g/mol. The van der Waals surface area contributed by atoms with E-state index >= 15 is 0 Å². The Kier molecular flexibility index (Phi) is 5.34. The van der Waals surface area contributed by atoms with Crippen LogP contribution in [0.4, 0.5) is 0 Å². The molecule has 0 radical (unpaired) electrons. The Labute approximate surface area is 135 Å². The maximum atomic E-state index is 11.7. The fourth-order valence-electron chi connectivity index (χ4n) is 1.73. The first-order valence-corrected chi connectivity index (χ1v) is 8.85. The van der Waals surface area contributed by atoms with Crippen molar-refractivity contribution >= 4 is 39.7 Å². The number of amides is 2. The second-order valence-corrected chi connectivity index (χ2v) is 7.18. The molecule has 124 valence electrons. The molecule has 2 rings (SSSR count). The Morgan fingerprint density at radius 2 is 2.17 bits per heavy atom. The lowest BCUT2D eigenvalue weighted by molar-refractivity contribution is -0.197. The van der Waals surface area contributed by atoms with Crippen LogP contribution in [0.2, 0.25) is 0 Å². The van der Waals surface area contributed by atoms with Crippen LogP contribution < -0.4 is 0 Å². The van der Waals surface area contributed by atoms with Crippen molar-refractivity contribution in [3.05, 3.63) is 24.4 Å². The number of hydrogen-bond acceptors (Lipinski definition) is 8. The van der Waals surface area contributed by atoms with Crippen LogP contribution in [0.15, 0.2) is 29.4 Å². The number of hydroxylamine groups is 2. The lowest BCUT2D eigenvalue weighted by atomic mass is 10.4. The minimum atomic E-state index is -4.72. The van der Waals surface area contributed by atoms with E-state index in [0.29, 0.717) is 10.8 Å². The fraction of sp³-hybridized carbons (Fsp3) is 0.333. The van der Waals surface area contributed by atoms with Gasteiger partial charge in [0.05, 0.1) is 17.9 Å². The first-order chi connectivity index (χ1) is 10.8. The molecule has 9 nitrogen and oxygen atoms in total. The van der Waals surface area contributed by atoms with Gasteiger partial charge in [-0.05, 0) is 12.1 Å². The van der Waals surface area contributed by atoms with Crippen molar-refractivity contribution in [2.24, 2.45) is 0 Å². The van der Waals surface area contributed by atoms with Crippen molar-refractivity contribution in [1.29, 1.82) is 0 Å². The van der Waals surface area contributed by atoms with Gasteiger partial charge in [0.25, 0.3) is 21.9 Å². The third kappa shape index (κ3) is 4.50. The minimum Gasteiger partial charge on any atom is -0.330 e. The Morgan fingerprint density at radius 1 is 1.43 bits per heavy atom. The van der Waals surface area contributed by atoms with Crippen LogP contribution in [0.5, 0.6) is 0 Å². The lowest BCUT2D eigenvalue weighted by Crippen LogP contribution is -2.36. The van der Waals surface area contributed by atoms with Crippen molar-refractivity contribution in [1.82, 2.24) is 10.0 Å². The van der Waals surface area contributed by atoms with E-state index in [1.807, 2.05) is 0 Å². The number of aromatic nitrogens is 1. The highest BCUT2D eigenvalue weighted by Crippen LogP contribution is 2.20. The van der Waals surface area contributed by atoms with Crippen molar-refractivity contribution in [3.8, 4) is 0 Å². The van der Waals surface area contributed by atoms with Crippen molar-refractivity contribution in [2.45, 2.75) is 23.1 Å². The molecule has 0 aliphatic carbocycles. The van der Waals surface area contributed by atoms with Crippen molar-refractivity contribution in [3.63, 3.8) is 0 Å². The van der Waals surface area contributed by atoms with E-state index in [9.17, 15) is 22.8 Å². The molecule has 0 spiro atoms. The van der Waals surface area contributed by atoms with Crippen molar-refractivity contribution < 1.29 is 32.2 Å². The summed E-state index contributed by atoms with van der Waals surface area (Å²) in [5, 5.41) is -1.14. The summed E-state index contributed by atoms with van der Waals surface area (Å²) in [7, 11) is -4.72. The molecular formula is C12H12N2O7S2. The van der Waals surface area contributed by atoms with Gasteiger partial charge in [0, 0.05) is 11.9 Å². The molecule has 1 aromatic rings. The average molecular weight is 360 g/mol. The first kappa shape index (κ1) is 17.4. The third-order valence-corrected chi connectivity index (χ3v) is 4.84. The summed E-state index contributed by atoms with van der Waals surface area (Å²) in [5.74, 6) is -2.84. The van der Waals surface area contributed by atoms with E-state index in [0.717, 1.165) is 0 Å². The molecule has 0 aromatic carbocycles. The van der Waals surface area contributed by atoms with E-state index in [1.54, 1.807) is 24.4 Å². The molecule has 0 bridgehead atoms. The second-order valence-electron chi connectivity index (χ2n) is 4.46. The zero-order chi connectivity index (χ0) is 17.0. The predicted octanol–water partition coefficient (Wildman–Crippen LogP) is 0.0373. The normalized spacial score (nSPS) is 18.3. The highest BCUT2D eigenvalue weighted by molar-refractivity contribution is 7.99. The maximum absolute atomic E-state index is 11.7. The third-order valence-electron chi connectivity index (χ3n) is 2.81. The van der Waals surface area contributed by atoms with Crippen LogP contribution >= 0.6 is 11.8 Å². The summed E-state index contributed by atoms with van der Waals surface area (Å²) < 4.78 is 30.8. The zero-order valence-electron chi connectivity index (χ0n) is 11.6. The average Bonchev–Trinajstić information content (AvgIpc) is 2.76. The Morgan fingerprint density at radius 3 is 2.74 bits per heavy atom. The zero-order valence-corrected chi connectivity index (χ0v) is 13.2. The summed E-state index contributed by atoms with van der Waals surface area (Å²) in [6.45, 7) is 0. The summed E-state index contributed by atoms with van der Waals surface area (Å²) in [4.78, 5) is 43.4. The lowest BCUT2D eigenvalue weighted by Gasteiger charge is -2.13. The van der Waals surface area contributed by atoms with Gasteiger partial charge >= 0.3 is 5.97 Å². The molecule has 2 heterocycles. The Bertz CT molecular complexity index is 720. The fourth-order valence-corrected chi connectivity index (χ4v) is 3.22. The molecule has 1 aliphatic heterocycles. The topological polar surface area (TPSA) is 131 Å². The van der Waals surface area contributed by atoms with Gasteiger partial charge in [-0.1, -0.05) is 6.07 Å². The number of hydrogen-bond donors (Lipinski definition) is 1. The van der Waals surface area contributed by atoms with Crippen molar-refractivity contribution in [2.75, 3.05) is 5.75 Å². The Hall–Kier alpha value is -1.98. The van der Waals surface area contributed by atoms with Gasteiger partial charge in [-0.15, -0.1) is 16.8 Å². The molecule has 1 aromatic heterocycles. The van der Waals surface area contributed by atoms with Gasteiger partial charge in [0.1, 0.15) is 0 Å². The van der Waals surface area contributed by atoms with Gasteiger partial charge in [-0.3, -0.25) is 14.1 Å². The van der Waals surface area contributed by atoms with Gasteiger partial charge in [0.15, 0.2) is 5.25 Å². The molecule has 1 atom stereocenters. The van der Waals surface area contributed by atoms with E-state index in [2.05, 4.69) is 9.82 Å². The summed E-state index contributed by atoms with van der Waals surface area (Å²) in [6, 6.07) is 5.28. The largest absolute Gasteiger partial charge is 0.334 e. The standard InChI is InChI=1S/C12H12N2O7S2/c15-10-7-8(23(18,19)20)12(17)14(10)21-11(16)4-6-22-9-3-1-2-5-13-9/h1-3,5,8H,4,6-7H2,(H,18,19,20). The quantitative estimate of drug-likeness (QED) is 0.424. The van der Waals surface area contributed by atoms with Gasteiger partial charge < -0.3 is 4.84 Å². The number of pyridine rings is 1. The highest BCUT2D eigenvalue weighted by atomic mass is 32.2. The molecule has 11 heteroatoms. The van der Waals surface area contributed by atoms with E-state index in [4.69, 9.17) is 4.55 Å². The summed E-state index contributed by atoms with van der Waals surface area (Å²) >= 11 is 1.28. The number of carbonyl (C=O) groups is 3. The summed E-state index contributed by atoms with van der Waals surface area (Å²) in [6.07, 6.45) is 0.722. The summed E-state index contributed by atoms with van der Waals surface area (Å²) in [5.41, 5.74) is 0. The molecule has 2 amide bonds. The van der Waals surface area contributed by atoms with Crippen LogP contribution in [-0.4, -0.2) is 51.8 Å². The molecule has 1 unspecified atom stereocenters. The molecule has 23 heavy (non-hydrogen) atoms. The molecule has 1 N–H and O–H groups in total. The van der Waals surface area contributed by atoms with E-state index in [-0.39, 0.29) is 11.5 Å². The SMILES string of the molecule is O=C(CCSc1ccccn1)ON1C(=O)CC(S(=O)(=O)O)C1=O. The van der Waals surface area contributed by atoms with Crippen LogP contribution in [0, 0.1) is 0 Å². The van der Waals surface area contributed by atoms with Gasteiger partial charge in [-0.25, -0.2) is 9.78 Å². The number of carbonyl (C=O) groups excluding carboxylic acids is 3. The minimum absolute atomic E-state index is 0.0895. The smallest absolute Gasteiger partial charge is 0.330 e. The first-order valence-electron chi connectivity index (χ1n) is 6.37. The number of imide groups is 1. The Balaban J connectivity index is 1.85. The van der Waals surface area contributed by atoms with Crippen LogP contribution in [0.25, 0.3) is 0 Å².